The third-order valence-electron chi connectivity index (χ3n) is 2.96. The maximum atomic E-state index is 12.1. The van der Waals surface area contributed by atoms with Crippen molar-refractivity contribution in [3.63, 3.8) is 0 Å². The van der Waals surface area contributed by atoms with E-state index in [4.69, 9.17) is 5.73 Å². The van der Waals surface area contributed by atoms with Crippen LogP contribution in [0.1, 0.15) is 17.3 Å². The van der Waals surface area contributed by atoms with Gasteiger partial charge < -0.3 is 20.6 Å². The Kier molecular flexibility index (Phi) is 4.55. The zero-order valence-electron chi connectivity index (χ0n) is 11.3. The molecule has 3 N–H and O–H groups in total. The highest BCUT2D eigenvalue weighted by Crippen LogP contribution is 2.25. The van der Waals surface area contributed by atoms with E-state index in [9.17, 15) is 9.90 Å². The van der Waals surface area contributed by atoms with E-state index < -0.39 is 0 Å². The Morgan fingerprint density at radius 2 is 2.00 bits per heavy atom. The van der Waals surface area contributed by atoms with E-state index in [-0.39, 0.29) is 18.6 Å². The quantitative estimate of drug-likeness (QED) is 0.776. The Morgan fingerprint density at radius 1 is 1.39 bits per heavy atom. The fourth-order valence-electron chi connectivity index (χ4n) is 1.62. The summed E-state index contributed by atoms with van der Waals surface area (Å²) >= 11 is 0. The first kappa shape index (κ1) is 14.3. The van der Waals surface area contributed by atoms with Gasteiger partial charge in [-0.25, -0.2) is 0 Å². The van der Waals surface area contributed by atoms with Crippen LogP contribution in [0.25, 0.3) is 0 Å². The van der Waals surface area contributed by atoms with Crippen LogP contribution in [0.2, 0.25) is 0 Å². The largest absolute Gasteiger partial charge is 0.399 e. The van der Waals surface area contributed by atoms with Gasteiger partial charge >= 0.3 is 0 Å². The zero-order chi connectivity index (χ0) is 13.9. The van der Waals surface area contributed by atoms with Crippen molar-refractivity contribution in [2.24, 2.45) is 0 Å². The van der Waals surface area contributed by atoms with Crippen LogP contribution in [0.3, 0.4) is 0 Å². The van der Waals surface area contributed by atoms with Crippen molar-refractivity contribution in [2.75, 3.05) is 38.4 Å². The molecule has 100 valence electrons. The summed E-state index contributed by atoms with van der Waals surface area (Å²) in [6.07, 6.45) is 0. The Bertz CT molecular complexity index is 432. The van der Waals surface area contributed by atoms with Gasteiger partial charge in [0.15, 0.2) is 0 Å². The lowest BCUT2D eigenvalue weighted by atomic mass is 10.1. The standard InChI is InChI=1S/C13H21N3O2/c1-9(8-17)16(4)12-7-10(14)5-6-11(12)13(18)15(2)3/h5-7,9,17H,8,14H2,1-4H3. The number of amides is 1. The molecule has 0 spiro atoms. The van der Waals surface area contributed by atoms with Crippen molar-refractivity contribution in [3.8, 4) is 0 Å². The van der Waals surface area contributed by atoms with Crippen molar-refractivity contribution in [1.29, 1.82) is 0 Å². The first-order valence-corrected chi connectivity index (χ1v) is 5.83. The molecule has 1 unspecified atom stereocenters. The van der Waals surface area contributed by atoms with E-state index in [1.54, 1.807) is 32.3 Å². The number of benzene rings is 1. The van der Waals surface area contributed by atoms with Gasteiger partial charge in [0.05, 0.1) is 17.9 Å². The van der Waals surface area contributed by atoms with Gasteiger partial charge in [0, 0.05) is 32.9 Å². The Morgan fingerprint density at radius 3 is 2.50 bits per heavy atom. The molecule has 18 heavy (non-hydrogen) atoms. The Hall–Kier alpha value is -1.75. The van der Waals surface area contributed by atoms with Crippen LogP contribution in [0.5, 0.6) is 0 Å². The molecule has 0 aromatic heterocycles. The van der Waals surface area contributed by atoms with Crippen molar-refractivity contribution in [1.82, 2.24) is 4.90 Å². The Labute approximate surface area is 108 Å². The molecule has 0 bridgehead atoms. The molecule has 0 saturated carbocycles. The van der Waals surface area contributed by atoms with E-state index in [0.717, 1.165) is 5.69 Å². The van der Waals surface area contributed by atoms with Crippen LogP contribution < -0.4 is 10.6 Å². The smallest absolute Gasteiger partial charge is 0.255 e. The van der Waals surface area contributed by atoms with E-state index in [1.807, 2.05) is 18.9 Å². The molecule has 0 saturated heterocycles. The number of anilines is 2. The predicted octanol–water partition coefficient (Wildman–Crippen LogP) is 0.788. The second-order valence-corrected chi connectivity index (χ2v) is 4.62. The van der Waals surface area contributed by atoms with Crippen molar-refractivity contribution < 1.29 is 9.90 Å². The minimum atomic E-state index is -0.0829. The third-order valence-corrected chi connectivity index (χ3v) is 2.96. The summed E-state index contributed by atoms with van der Waals surface area (Å²) in [5, 5.41) is 9.21. The molecule has 0 aliphatic rings. The monoisotopic (exact) mass is 251 g/mol. The predicted molar refractivity (Wildman–Crippen MR) is 73.8 cm³/mol. The lowest BCUT2D eigenvalue weighted by Gasteiger charge is -2.28. The molecule has 1 aromatic rings. The first-order valence-electron chi connectivity index (χ1n) is 5.83. The minimum Gasteiger partial charge on any atom is -0.399 e. The van der Waals surface area contributed by atoms with Crippen LogP contribution in [0.15, 0.2) is 18.2 Å². The maximum Gasteiger partial charge on any atom is 0.255 e. The van der Waals surface area contributed by atoms with Crippen LogP contribution >= 0.6 is 0 Å². The van der Waals surface area contributed by atoms with Crippen molar-refractivity contribution in [2.45, 2.75) is 13.0 Å². The van der Waals surface area contributed by atoms with Crippen LogP contribution in [0, 0.1) is 0 Å². The van der Waals surface area contributed by atoms with Gasteiger partial charge in [-0.1, -0.05) is 0 Å². The molecule has 0 aliphatic heterocycles. The number of likely N-dealkylation sites (N-methyl/N-ethyl adjacent to an activating group) is 1. The molecular weight excluding hydrogens is 230 g/mol. The number of nitrogen functional groups attached to an aromatic ring is 1. The molecule has 0 radical (unpaired) electrons. The van der Waals surface area contributed by atoms with Crippen molar-refractivity contribution in [3.05, 3.63) is 23.8 Å². The van der Waals surface area contributed by atoms with E-state index in [2.05, 4.69) is 0 Å². The summed E-state index contributed by atoms with van der Waals surface area (Å²) in [6.45, 7) is 1.90. The normalized spacial score (nSPS) is 12.1. The van der Waals surface area contributed by atoms with Crippen LogP contribution in [-0.4, -0.2) is 49.7 Å². The molecule has 1 atom stereocenters. The van der Waals surface area contributed by atoms with Crippen LogP contribution in [0.4, 0.5) is 11.4 Å². The van der Waals surface area contributed by atoms with Gasteiger partial charge in [0.1, 0.15) is 0 Å². The fourth-order valence-corrected chi connectivity index (χ4v) is 1.62. The summed E-state index contributed by atoms with van der Waals surface area (Å²) in [6, 6.07) is 5.09. The van der Waals surface area contributed by atoms with Crippen molar-refractivity contribution >= 4 is 17.3 Å². The molecular formula is C13H21N3O2. The summed E-state index contributed by atoms with van der Waals surface area (Å²) < 4.78 is 0. The summed E-state index contributed by atoms with van der Waals surface area (Å²) in [4.78, 5) is 15.5. The third kappa shape index (κ3) is 2.92. The molecule has 0 heterocycles. The number of rotatable bonds is 4. The highest BCUT2D eigenvalue weighted by Gasteiger charge is 2.18. The average Bonchev–Trinajstić information content (AvgIpc) is 2.35. The first-order chi connectivity index (χ1) is 8.38. The molecule has 1 aromatic carbocycles. The molecule has 0 fully saturated rings. The maximum absolute atomic E-state index is 12.1. The van der Waals surface area contributed by atoms with E-state index in [0.29, 0.717) is 11.3 Å². The fraction of sp³-hybridized carbons (Fsp3) is 0.462. The molecule has 0 aliphatic carbocycles. The number of carbonyl (C=O) groups excluding carboxylic acids is 1. The molecule has 5 heteroatoms. The molecule has 1 rings (SSSR count). The highest BCUT2D eigenvalue weighted by molar-refractivity contribution is 6.00. The Balaban J connectivity index is 3.23. The zero-order valence-corrected chi connectivity index (χ0v) is 11.3. The van der Waals surface area contributed by atoms with Gasteiger partial charge in [0.2, 0.25) is 0 Å². The minimum absolute atomic E-state index is 0.0148. The van der Waals surface area contributed by atoms with Gasteiger partial charge in [-0.3, -0.25) is 4.79 Å². The number of nitrogens with two attached hydrogens (primary N) is 1. The lowest BCUT2D eigenvalue weighted by molar-refractivity contribution is 0.0828. The highest BCUT2D eigenvalue weighted by atomic mass is 16.3. The number of hydrogen-bond acceptors (Lipinski definition) is 4. The topological polar surface area (TPSA) is 69.8 Å². The van der Waals surface area contributed by atoms with Gasteiger partial charge in [-0.15, -0.1) is 0 Å². The lowest BCUT2D eigenvalue weighted by Crippen LogP contribution is -2.34. The van der Waals surface area contributed by atoms with E-state index >= 15 is 0 Å². The van der Waals surface area contributed by atoms with Gasteiger partial charge in [-0.2, -0.15) is 0 Å². The summed E-state index contributed by atoms with van der Waals surface area (Å²) in [7, 11) is 5.25. The number of aliphatic hydroxyl groups is 1. The SMILES string of the molecule is CC(CO)N(C)c1cc(N)ccc1C(=O)N(C)C. The van der Waals surface area contributed by atoms with Gasteiger partial charge in [0.25, 0.3) is 5.91 Å². The number of aliphatic hydroxyl groups excluding tert-OH is 1. The second-order valence-electron chi connectivity index (χ2n) is 4.62. The number of nitrogens with zero attached hydrogens (tertiary/aromatic N) is 2. The molecule has 5 nitrogen and oxygen atoms in total. The van der Waals surface area contributed by atoms with E-state index in [1.165, 1.54) is 4.90 Å². The number of hydrogen-bond donors (Lipinski definition) is 2. The number of carbonyl (C=O) groups is 1. The average molecular weight is 251 g/mol. The second kappa shape index (κ2) is 5.73. The van der Waals surface area contributed by atoms with Crippen LogP contribution in [-0.2, 0) is 0 Å². The summed E-state index contributed by atoms with van der Waals surface area (Å²) in [5.74, 6) is -0.0815. The summed E-state index contributed by atoms with van der Waals surface area (Å²) in [5.41, 5.74) is 7.68. The molecule has 1 amide bonds. The van der Waals surface area contributed by atoms with Gasteiger partial charge in [-0.05, 0) is 25.1 Å².